The van der Waals surface area contributed by atoms with Crippen LogP contribution in [-0.4, -0.2) is 21.2 Å². The molecule has 1 aromatic heterocycles. The molecule has 2 amide bonds. The summed E-state index contributed by atoms with van der Waals surface area (Å²) in [5, 5.41) is 23.6. The third kappa shape index (κ3) is 3.59. The van der Waals surface area contributed by atoms with Crippen molar-refractivity contribution in [1.29, 1.82) is 0 Å². The van der Waals surface area contributed by atoms with Crippen LogP contribution < -0.4 is 5.32 Å². The van der Waals surface area contributed by atoms with Crippen LogP contribution in [0.2, 0.25) is 0 Å². The second kappa shape index (κ2) is 7.22. The quantitative estimate of drug-likeness (QED) is 0.657. The Labute approximate surface area is 169 Å². The lowest BCUT2D eigenvalue weighted by Gasteiger charge is -2.17. The van der Waals surface area contributed by atoms with Gasteiger partial charge in [-0.2, -0.15) is 0 Å². The highest BCUT2D eigenvalue weighted by Crippen LogP contribution is 2.43. The Hall–Kier alpha value is -1.81. The molecule has 1 unspecified atom stereocenters. The molecule has 150 valence electrons. The van der Waals surface area contributed by atoms with Crippen molar-refractivity contribution in [2.75, 3.05) is 5.32 Å². The lowest BCUT2D eigenvalue weighted by Crippen LogP contribution is -2.14. The molecule has 7 nitrogen and oxygen atoms in total. The van der Waals surface area contributed by atoms with Crippen molar-refractivity contribution in [2.45, 2.75) is 61.9 Å². The number of aromatic nitrogens is 1. The number of urea groups is 1. The smallest absolute Gasteiger partial charge is 0.322 e. The van der Waals surface area contributed by atoms with Gasteiger partial charge in [0.15, 0.2) is 0 Å². The molecule has 0 fully saturated rings. The lowest BCUT2D eigenvalue weighted by atomic mass is 9.98. The van der Waals surface area contributed by atoms with Gasteiger partial charge in [0.05, 0.1) is 11.8 Å². The summed E-state index contributed by atoms with van der Waals surface area (Å²) in [5.41, 5.74) is 3.61. The number of thiazole rings is 1. The second-order valence-corrected chi connectivity index (χ2v) is 10.1. The van der Waals surface area contributed by atoms with E-state index in [0.29, 0.717) is 21.3 Å². The summed E-state index contributed by atoms with van der Waals surface area (Å²) in [5.74, 6) is 0. The van der Waals surface area contributed by atoms with Gasteiger partial charge in [0.1, 0.15) is 10.6 Å². The largest absolute Gasteiger partial charge is 0.439 e. The van der Waals surface area contributed by atoms with E-state index < -0.39 is 28.3 Å². The Balaban J connectivity index is 1.62. The number of nitrogens with zero attached hydrogens (tertiary/aromatic N) is 2. The topological polar surface area (TPSA) is 112 Å². The van der Waals surface area contributed by atoms with E-state index in [4.69, 9.17) is 0 Å². The Morgan fingerprint density at radius 1 is 1.36 bits per heavy atom. The van der Waals surface area contributed by atoms with Crippen molar-refractivity contribution in [3.63, 3.8) is 0 Å². The van der Waals surface area contributed by atoms with Crippen LogP contribution in [0.25, 0.3) is 0 Å². The van der Waals surface area contributed by atoms with Gasteiger partial charge in [-0.1, -0.05) is 6.07 Å². The van der Waals surface area contributed by atoms with Gasteiger partial charge >= 0.3 is 6.03 Å². The van der Waals surface area contributed by atoms with Crippen LogP contribution in [0.4, 0.5) is 10.5 Å². The minimum atomic E-state index is -1.91. The SMILES string of the molecule is CC(C)(O)c1ncc([S-](=O)=NC(=O)Nc2c3c(cc4c2C(O)CC4)CCC3)s1. The van der Waals surface area contributed by atoms with E-state index in [9.17, 15) is 19.2 Å². The fourth-order valence-corrected chi connectivity index (χ4v) is 5.58. The number of carbonyl (C=O) groups is 1. The normalized spacial score (nSPS) is 19.5. The molecule has 2 aliphatic carbocycles. The maximum absolute atomic E-state index is 12.5. The number of nitrogens with one attached hydrogen (secondary N) is 1. The van der Waals surface area contributed by atoms with Crippen LogP contribution in [0.3, 0.4) is 0 Å². The van der Waals surface area contributed by atoms with Crippen molar-refractivity contribution < 1.29 is 19.2 Å². The molecule has 0 saturated heterocycles. The van der Waals surface area contributed by atoms with Gasteiger partial charge in [0.25, 0.3) is 0 Å². The van der Waals surface area contributed by atoms with Crippen LogP contribution in [0.5, 0.6) is 0 Å². The molecule has 3 N–H and O–H groups in total. The van der Waals surface area contributed by atoms with Crippen molar-refractivity contribution >= 4 is 33.7 Å². The molecule has 2 aromatic rings. The van der Waals surface area contributed by atoms with Crippen molar-refractivity contribution in [3.05, 3.63) is 39.5 Å². The summed E-state index contributed by atoms with van der Waals surface area (Å²) in [7, 11) is -1.91. The van der Waals surface area contributed by atoms with Crippen LogP contribution >= 0.6 is 11.3 Å². The molecule has 4 rings (SSSR count). The molecule has 9 heteroatoms. The van der Waals surface area contributed by atoms with Crippen LogP contribution in [0.1, 0.15) is 60.1 Å². The zero-order chi connectivity index (χ0) is 20.1. The number of hydrogen-bond acceptors (Lipinski definition) is 7. The number of rotatable bonds is 3. The zero-order valence-electron chi connectivity index (χ0n) is 15.7. The van der Waals surface area contributed by atoms with Crippen molar-refractivity contribution in [1.82, 2.24) is 4.98 Å². The fraction of sp³-hybridized carbons (Fsp3) is 0.474. The van der Waals surface area contributed by atoms with E-state index in [1.807, 2.05) is 0 Å². The highest BCUT2D eigenvalue weighted by atomic mass is 32.2. The summed E-state index contributed by atoms with van der Waals surface area (Å²) in [6, 6.07) is 1.44. The molecular formula is C19H22N3O4S2-. The summed E-state index contributed by atoms with van der Waals surface area (Å²) in [6.45, 7) is 3.18. The third-order valence-electron chi connectivity index (χ3n) is 5.12. The van der Waals surface area contributed by atoms with E-state index in [1.165, 1.54) is 11.8 Å². The van der Waals surface area contributed by atoms with E-state index in [-0.39, 0.29) is 0 Å². The Morgan fingerprint density at radius 2 is 2.14 bits per heavy atom. The predicted molar refractivity (Wildman–Crippen MR) is 107 cm³/mol. The number of anilines is 1. The number of aryl methyl sites for hydroxylation is 2. The van der Waals surface area contributed by atoms with Gasteiger partial charge in [-0.15, -0.1) is 21.9 Å². The molecule has 2 aliphatic rings. The summed E-state index contributed by atoms with van der Waals surface area (Å²) in [4.78, 5) is 16.5. The molecule has 1 heterocycles. The summed E-state index contributed by atoms with van der Waals surface area (Å²) in [6.07, 6.45) is 5.02. The third-order valence-corrected chi connectivity index (χ3v) is 7.69. The number of aliphatic hydroxyl groups excluding tert-OH is 1. The molecule has 1 aromatic carbocycles. The number of hydrogen-bond donors (Lipinski definition) is 3. The number of fused-ring (bicyclic) bond motifs is 2. The van der Waals surface area contributed by atoms with E-state index in [1.54, 1.807) is 13.8 Å². The first kappa shape index (κ1) is 19.5. The molecule has 0 spiro atoms. The standard InChI is InChI=1S/C19H22N3O4S2/c1-19(2,25)17-20-9-14(27-17)28(26)22-18(24)21-16-12-5-3-4-10(12)8-11-6-7-13(23)15(11)16/h8-9,13,23,25H,3-7H2,1-2H3,(H,21,24)/q-1. The molecule has 1 atom stereocenters. The summed E-state index contributed by atoms with van der Waals surface area (Å²) < 4.78 is 16.5. The molecule has 0 aliphatic heterocycles. The Kier molecular flexibility index (Phi) is 5.03. The van der Waals surface area contributed by atoms with Crippen LogP contribution in [-0.2, 0) is 39.7 Å². The van der Waals surface area contributed by atoms with E-state index >= 15 is 0 Å². The van der Waals surface area contributed by atoms with Crippen molar-refractivity contribution in [2.24, 2.45) is 4.36 Å². The van der Waals surface area contributed by atoms with Crippen LogP contribution in [0, 0.1) is 0 Å². The van der Waals surface area contributed by atoms with E-state index in [2.05, 4.69) is 20.7 Å². The zero-order valence-corrected chi connectivity index (χ0v) is 17.3. The molecule has 28 heavy (non-hydrogen) atoms. The number of carbonyl (C=O) groups excluding carboxylic acids is 1. The first-order valence-electron chi connectivity index (χ1n) is 9.23. The Bertz CT molecular complexity index is 1030. The van der Waals surface area contributed by atoms with Gasteiger partial charge < -0.3 is 24.1 Å². The van der Waals surface area contributed by atoms with Gasteiger partial charge in [-0.25, -0.2) is 9.78 Å². The minimum Gasteiger partial charge on any atom is -0.439 e. The average molecular weight is 421 g/mol. The second-order valence-electron chi connectivity index (χ2n) is 7.68. The van der Waals surface area contributed by atoms with Gasteiger partial charge in [-0.05, 0) is 66.9 Å². The average Bonchev–Trinajstić information content (AvgIpc) is 3.33. The van der Waals surface area contributed by atoms with Gasteiger partial charge in [0.2, 0.25) is 0 Å². The highest BCUT2D eigenvalue weighted by Gasteiger charge is 2.29. The van der Waals surface area contributed by atoms with Crippen LogP contribution in [0.15, 0.2) is 20.8 Å². The molecule has 0 radical (unpaired) electrons. The predicted octanol–water partition coefficient (Wildman–Crippen LogP) is 3.58. The van der Waals surface area contributed by atoms with Crippen molar-refractivity contribution in [3.8, 4) is 0 Å². The van der Waals surface area contributed by atoms with Gasteiger partial charge in [0, 0.05) is 11.8 Å². The molecule has 0 bridgehead atoms. The molecule has 0 saturated carbocycles. The first-order chi connectivity index (χ1) is 13.2. The Morgan fingerprint density at radius 3 is 2.86 bits per heavy atom. The number of aliphatic hydroxyl groups is 2. The lowest BCUT2D eigenvalue weighted by molar-refractivity contribution is 0.0783. The monoisotopic (exact) mass is 420 g/mol. The number of benzene rings is 1. The van der Waals surface area contributed by atoms with Gasteiger partial charge in [-0.3, -0.25) is 0 Å². The first-order valence-corrected chi connectivity index (χ1v) is 11.1. The highest BCUT2D eigenvalue weighted by molar-refractivity contribution is 7.78. The number of amides is 2. The molecular weight excluding hydrogens is 398 g/mol. The minimum absolute atomic E-state index is 0.302. The maximum atomic E-state index is 12.5. The maximum Gasteiger partial charge on any atom is 0.322 e. The van der Waals surface area contributed by atoms with E-state index in [0.717, 1.165) is 53.7 Å². The fourth-order valence-electron chi connectivity index (χ4n) is 3.86. The summed E-state index contributed by atoms with van der Waals surface area (Å²) >= 11 is 1.06.